The van der Waals surface area contributed by atoms with Gasteiger partial charge in [0, 0.05) is 12.2 Å². The predicted molar refractivity (Wildman–Crippen MR) is 73.8 cm³/mol. The Morgan fingerprint density at radius 2 is 1.56 bits per heavy atom. The summed E-state index contributed by atoms with van der Waals surface area (Å²) in [4.78, 5) is 2.43. The molecule has 0 aliphatic carbocycles. The Kier molecular flexibility index (Phi) is 3.29. The smallest absolute Gasteiger partial charge is 0.0777 e. The third kappa shape index (κ3) is 2.24. The van der Waals surface area contributed by atoms with E-state index in [1.807, 2.05) is 0 Å². The van der Waals surface area contributed by atoms with Crippen LogP contribution in [0.15, 0.2) is 60.7 Å². The van der Waals surface area contributed by atoms with E-state index in [9.17, 15) is 0 Å². The van der Waals surface area contributed by atoms with Crippen LogP contribution in [0.25, 0.3) is 0 Å². The van der Waals surface area contributed by atoms with Gasteiger partial charge in [-0.1, -0.05) is 48.5 Å². The Labute approximate surface area is 108 Å². The molecule has 3 rings (SSSR count). The summed E-state index contributed by atoms with van der Waals surface area (Å²) < 4.78 is 5.65. The van der Waals surface area contributed by atoms with Crippen LogP contribution in [0.1, 0.15) is 11.6 Å². The van der Waals surface area contributed by atoms with Gasteiger partial charge >= 0.3 is 0 Å². The maximum atomic E-state index is 5.65. The normalized spacial score (nSPS) is 19.8. The van der Waals surface area contributed by atoms with Gasteiger partial charge in [0.05, 0.1) is 19.3 Å². The van der Waals surface area contributed by atoms with E-state index in [0.717, 1.165) is 19.8 Å². The maximum Gasteiger partial charge on any atom is 0.0777 e. The fraction of sp³-hybridized carbons (Fsp3) is 0.250. The molecule has 0 unspecified atom stereocenters. The van der Waals surface area contributed by atoms with Crippen LogP contribution in [0, 0.1) is 0 Å². The van der Waals surface area contributed by atoms with Crippen molar-refractivity contribution in [3.63, 3.8) is 0 Å². The molecule has 0 amide bonds. The van der Waals surface area contributed by atoms with Gasteiger partial charge in [0.25, 0.3) is 0 Å². The number of anilines is 1. The first-order chi connectivity index (χ1) is 8.95. The van der Waals surface area contributed by atoms with Crippen molar-refractivity contribution in [2.75, 3.05) is 24.7 Å². The first-order valence-electron chi connectivity index (χ1n) is 6.39. The van der Waals surface area contributed by atoms with Crippen molar-refractivity contribution in [1.29, 1.82) is 0 Å². The first-order valence-corrected chi connectivity index (χ1v) is 6.39. The fourth-order valence-electron chi connectivity index (χ4n) is 2.48. The number of benzene rings is 2. The molecule has 2 aromatic rings. The highest BCUT2D eigenvalue weighted by molar-refractivity contribution is 5.49. The topological polar surface area (TPSA) is 12.5 Å². The van der Waals surface area contributed by atoms with Gasteiger partial charge in [0.1, 0.15) is 0 Å². The van der Waals surface area contributed by atoms with E-state index in [1.54, 1.807) is 0 Å². The lowest BCUT2D eigenvalue weighted by Crippen LogP contribution is -2.39. The number of rotatable bonds is 2. The predicted octanol–water partition coefficient (Wildman–Crippen LogP) is 3.26. The van der Waals surface area contributed by atoms with Crippen molar-refractivity contribution in [1.82, 2.24) is 0 Å². The number of nitrogens with zero attached hydrogens (tertiary/aromatic N) is 1. The molecule has 2 aromatic carbocycles. The Hall–Kier alpha value is -1.80. The highest BCUT2D eigenvalue weighted by atomic mass is 16.5. The van der Waals surface area contributed by atoms with E-state index in [0.29, 0.717) is 6.04 Å². The maximum absolute atomic E-state index is 5.65. The van der Waals surface area contributed by atoms with Gasteiger partial charge < -0.3 is 9.64 Å². The highest BCUT2D eigenvalue weighted by Crippen LogP contribution is 2.29. The van der Waals surface area contributed by atoms with Crippen LogP contribution in [0.5, 0.6) is 0 Å². The molecule has 0 saturated carbocycles. The Morgan fingerprint density at radius 1 is 0.889 bits per heavy atom. The van der Waals surface area contributed by atoms with E-state index in [1.165, 1.54) is 11.3 Å². The molecule has 1 saturated heterocycles. The molecule has 0 bridgehead atoms. The minimum atomic E-state index is 0.322. The standard InChI is InChI=1S/C16H17NO/c1-3-7-14(8-4-1)16-13-18-12-11-17(16)15-9-5-2-6-10-15/h1-10,16H,11-13H2/t16-/m0/s1. The summed E-state index contributed by atoms with van der Waals surface area (Å²) in [6.45, 7) is 2.51. The SMILES string of the molecule is c1ccc([C@@H]2COCCN2c2ccccc2)cc1. The van der Waals surface area contributed by atoms with Crippen molar-refractivity contribution in [3.8, 4) is 0 Å². The van der Waals surface area contributed by atoms with E-state index in [-0.39, 0.29) is 0 Å². The first kappa shape index (κ1) is 11.3. The summed E-state index contributed by atoms with van der Waals surface area (Å²) in [5.74, 6) is 0. The van der Waals surface area contributed by atoms with Crippen molar-refractivity contribution < 1.29 is 4.74 Å². The van der Waals surface area contributed by atoms with E-state index in [2.05, 4.69) is 65.6 Å². The number of morpholine rings is 1. The Morgan fingerprint density at radius 3 is 2.28 bits per heavy atom. The van der Waals surface area contributed by atoms with Gasteiger partial charge in [-0.3, -0.25) is 0 Å². The van der Waals surface area contributed by atoms with Crippen molar-refractivity contribution in [2.45, 2.75) is 6.04 Å². The molecule has 1 atom stereocenters. The number of hydrogen-bond acceptors (Lipinski definition) is 2. The Bertz CT molecular complexity index is 435. The lowest BCUT2D eigenvalue weighted by Gasteiger charge is -2.37. The van der Waals surface area contributed by atoms with Crippen LogP contribution < -0.4 is 4.90 Å². The van der Waals surface area contributed by atoms with Gasteiger partial charge in [-0.2, -0.15) is 0 Å². The number of para-hydroxylation sites is 1. The fourth-order valence-corrected chi connectivity index (χ4v) is 2.48. The molecule has 1 aliphatic heterocycles. The third-order valence-electron chi connectivity index (χ3n) is 3.40. The molecule has 2 nitrogen and oxygen atoms in total. The highest BCUT2D eigenvalue weighted by Gasteiger charge is 2.24. The molecular formula is C16H17NO. The molecule has 0 spiro atoms. The van der Waals surface area contributed by atoms with Crippen LogP contribution in [0.3, 0.4) is 0 Å². The van der Waals surface area contributed by atoms with Crippen LogP contribution in [0.4, 0.5) is 5.69 Å². The molecule has 1 fully saturated rings. The second-order valence-corrected chi connectivity index (χ2v) is 4.53. The lowest BCUT2D eigenvalue weighted by molar-refractivity contribution is 0.0941. The largest absolute Gasteiger partial charge is 0.377 e. The number of hydrogen-bond donors (Lipinski definition) is 0. The summed E-state index contributed by atoms with van der Waals surface area (Å²) in [6, 6.07) is 21.5. The van der Waals surface area contributed by atoms with Gasteiger partial charge in [0.2, 0.25) is 0 Å². The molecule has 1 aliphatic rings. The zero-order valence-corrected chi connectivity index (χ0v) is 10.3. The van der Waals surface area contributed by atoms with Gasteiger partial charge in [-0.05, 0) is 17.7 Å². The summed E-state index contributed by atoms with van der Waals surface area (Å²) in [6.07, 6.45) is 0. The average molecular weight is 239 g/mol. The molecule has 0 radical (unpaired) electrons. The molecule has 0 N–H and O–H groups in total. The summed E-state index contributed by atoms with van der Waals surface area (Å²) in [7, 11) is 0. The molecule has 1 heterocycles. The van der Waals surface area contributed by atoms with Crippen LogP contribution in [0.2, 0.25) is 0 Å². The van der Waals surface area contributed by atoms with Crippen molar-refractivity contribution in [2.24, 2.45) is 0 Å². The molecular weight excluding hydrogens is 222 g/mol. The Balaban J connectivity index is 1.92. The zero-order valence-electron chi connectivity index (χ0n) is 10.3. The quantitative estimate of drug-likeness (QED) is 0.797. The van der Waals surface area contributed by atoms with Gasteiger partial charge in [-0.15, -0.1) is 0 Å². The van der Waals surface area contributed by atoms with E-state index < -0.39 is 0 Å². The summed E-state index contributed by atoms with van der Waals surface area (Å²) >= 11 is 0. The average Bonchev–Trinajstić information content (AvgIpc) is 2.49. The van der Waals surface area contributed by atoms with Crippen molar-refractivity contribution in [3.05, 3.63) is 66.2 Å². The number of ether oxygens (including phenoxy) is 1. The molecule has 0 aromatic heterocycles. The monoisotopic (exact) mass is 239 g/mol. The summed E-state index contributed by atoms with van der Waals surface area (Å²) in [5, 5.41) is 0. The molecule has 2 heteroatoms. The molecule has 92 valence electrons. The lowest BCUT2D eigenvalue weighted by atomic mass is 10.0. The molecule has 18 heavy (non-hydrogen) atoms. The van der Waals surface area contributed by atoms with Gasteiger partial charge in [-0.25, -0.2) is 0 Å². The van der Waals surface area contributed by atoms with E-state index in [4.69, 9.17) is 4.74 Å². The van der Waals surface area contributed by atoms with E-state index >= 15 is 0 Å². The minimum Gasteiger partial charge on any atom is -0.377 e. The van der Waals surface area contributed by atoms with Crippen molar-refractivity contribution >= 4 is 5.69 Å². The summed E-state index contributed by atoms with van der Waals surface area (Å²) in [5.41, 5.74) is 2.59. The third-order valence-corrected chi connectivity index (χ3v) is 3.40. The minimum absolute atomic E-state index is 0.322. The van der Waals surface area contributed by atoms with Crippen LogP contribution >= 0.6 is 0 Å². The van der Waals surface area contributed by atoms with Crippen LogP contribution in [-0.4, -0.2) is 19.8 Å². The second-order valence-electron chi connectivity index (χ2n) is 4.53. The second kappa shape index (κ2) is 5.23. The zero-order chi connectivity index (χ0) is 12.2. The van der Waals surface area contributed by atoms with Crippen LogP contribution in [-0.2, 0) is 4.74 Å². The van der Waals surface area contributed by atoms with Gasteiger partial charge in [0.15, 0.2) is 0 Å².